The number of rotatable bonds is 3. The lowest BCUT2D eigenvalue weighted by atomic mass is 9.68. The molecule has 1 aromatic rings. The second-order valence-electron chi connectivity index (χ2n) is 7.38. The number of urea groups is 1. The number of halogens is 3. The molecule has 3 rings (SSSR count). The first-order valence-corrected chi connectivity index (χ1v) is 8.54. The minimum atomic E-state index is -4.38. The van der Waals surface area contributed by atoms with Gasteiger partial charge in [0, 0.05) is 12.1 Å². The van der Waals surface area contributed by atoms with Gasteiger partial charge in [0.1, 0.15) is 6.54 Å². The molecule has 138 valence electrons. The Hall–Kier alpha value is -1.76. The van der Waals surface area contributed by atoms with Gasteiger partial charge in [0.25, 0.3) is 0 Å². The summed E-state index contributed by atoms with van der Waals surface area (Å²) in [6.45, 7) is -0.890. The van der Waals surface area contributed by atoms with E-state index in [0.717, 1.165) is 4.90 Å². The first-order chi connectivity index (χ1) is 11.7. The van der Waals surface area contributed by atoms with Crippen LogP contribution in [-0.2, 0) is 5.54 Å². The summed E-state index contributed by atoms with van der Waals surface area (Å²) in [7, 11) is 4.02. The zero-order valence-corrected chi connectivity index (χ0v) is 14.6. The Morgan fingerprint density at radius 1 is 1.12 bits per heavy atom. The first-order valence-electron chi connectivity index (χ1n) is 8.54. The summed E-state index contributed by atoms with van der Waals surface area (Å²) < 4.78 is 38.8. The summed E-state index contributed by atoms with van der Waals surface area (Å²) in [6.07, 6.45) is -1.85. The number of amides is 2. The molecule has 2 fully saturated rings. The molecule has 0 aromatic heterocycles. The van der Waals surface area contributed by atoms with Gasteiger partial charge in [-0.05, 0) is 45.3 Å². The summed E-state index contributed by atoms with van der Waals surface area (Å²) in [5.41, 5.74) is 0.234. The summed E-state index contributed by atoms with van der Waals surface area (Å²) in [5.74, 6) is 0. The third-order valence-electron chi connectivity index (χ3n) is 5.90. The van der Waals surface area contributed by atoms with Gasteiger partial charge >= 0.3 is 12.2 Å². The Bertz CT molecular complexity index is 622. The molecule has 25 heavy (non-hydrogen) atoms. The maximum absolute atomic E-state index is 12.9. The van der Waals surface area contributed by atoms with E-state index in [1.54, 1.807) is 0 Å². The van der Waals surface area contributed by atoms with Crippen LogP contribution in [0.3, 0.4) is 0 Å². The van der Waals surface area contributed by atoms with E-state index in [4.69, 9.17) is 0 Å². The maximum Gasteiger partial charge on any atom is 0.406 e. The van der Waals surface area contributed by atoms with Gasteiger partial charge in [0.05, 0.1) is 5.54 Å². The molecular formula is C18H24F3N3O. The van der Waals surface area contributed by atoms with Gasteiger partial charge in [-0.15, -0.1) is 0 Å². The van der Waals surface area contributed by atoms with Crippen LogP contribution in [0.5, 0.6) is 0 Å². The van der Waals surface area contributed by atoms with Crippen LogP contribution in [-0.4, -0.2) is 54.7 Å². The number of hydrogen-bond donors (Lipinski definition) is 1. The summed E-state index contributed by atoms with van der Waals surface area (Å²) in [5, 5.41) is 2.62. The Morgan fingerprint density at radius 3 is 2.24 bits per heavy atom. The van der Waals surface area contributed by atoms with E-state index in [1.165, 1.54) is 5.56 Å². The smallest absolute Gasteiger partial charge is 0.336 e. The van der Waals surface area contributed by atoms with Crippen molar-refractivity contribution in [2.75, 3.05) is 27.2 Å². The van der Waals surface area contributed by atoms with Gasteiger partial charge in [-0.25, -0.2) is 4.79 Å². The van der Waals surface area contributed by atoms with Crippen LogP contribution in [0.2, 0.25) is 0 Å². The van der Waals surface area contributed by atoms with Crippen molar-refractivity contribution in [1.29, 1.82) is 0 Å². The second-order valence-corrected chi connectivity index (χ2v) is 7.38. The van der Waals surface area contributed by atoms with Crippen molar-refractivity contribution in [2.45, 2.75) is 42.9 Å². The monoisotopic (exact) mass is 355 g/mol. The number of nitrogens with one attached hydrogen (secondary N) is 1. The SMILES string of the molecule is CN(C)C1(c2ccccc2)CCC2(CC1)CNC(=O)N2CC(F)(F)F. The average molecular weight is 355 g/mol. The maximum atomic E-state index is 12.9. The molecule has 1 aliphatic carbocycles. The third kappa shape index (κ3) is 3.21. The van der Waals surface area contributed by atoms with Crippen molar-refractivity contribution < 1.29 is 18.0 Å². The predicted octanol–water partition coefficient (Wildman–Crippen LogP) is 3.34. The molecule has 0 bridgehead atoms. The fourth-order valence-corrected chi connectivity index (χ4v) is 4.38. The zero-order chi connectivity index (χ0) is 18.3. The highest BCUT2D eigenvalue weighted by Crippen LogP contribution is 2.48. The fraction of sp³-hybridized carbons (Fsp3) is 0.611. The lowest BCUT2D eigenvalue weighted by Crippen LogP contribution is -2.57. The predicted molar refractivity (Wildman–Crippen MR) is 89.2 cm³/mol. The third-order valence-corrected chi connectivity index (χ3v) is 5.90. The molecule has 4 nitrogen and oxygen atoms in total. The molecule has 0 unspecified atom stereocenters. The average Bonchev–Trinajstić information content (AvgIpc) is 2.85. The second kappa shape index (κ2) is 6.20. The minimum absolute atomic E-state index is 0.206. The van der Waals surface area contributed by atoms with E-state index in [0.29, 0.717) is 32.2 Å². The van der Waals surface area contributed by atoms with E-state index < -0.39 is 24.3 Å². The summed E-state index contributed by atoms with van der Waals surface area (Å²) in [4.78, 5) is 15.2. The molecule has 1 saturated heterocycles. The first kappa shape index (κ1) is 18.0. The number of hydrogen-bond acceptors (Lipinski definition) is 2. The molecule has 0 radical (unpaired) electrons. The Labute approximate surface area is 146 Å². The zero-order valence-electron chi connectivity index (χ0n) is 14.6. The molecule has 1 aromatic carbocycles. The molecule has 7 heteroatoms. The van der Waals surface area contributed by atoms with E-state index in [2.05, 4.69) is 22.3 Å². The van der Waals surface area contributed by atoms with Crippen LogP contribution in [0.1, 0.15) is 31.2 Å². The van der Waals surface area contributed by atoms with E-state index >= 15 is 0 Å². The molecular weight excluding hydrogens is 331 g/mol. The van der Waals surface area contributed by atoms with E-state index in [9.17, 15) is 18.0 Å². The fourth-order valence-electron chi connectivity index (χ4n) is 4.38. The summed E-state index contributed by atoms with van der Waals surface area (Å²) in [6, 6.07) is 9.48. The van der Waals surface area contributed by atoms with Crippen molar-refractivity contribution in [3.8, 4) is 0 Å². The van der Waals surface area contributed by atoms with E-state index in [1.807, 2.05) is 32.3 Å². The van der Waals surface area contributed by atoms with Crippen molar-refractivity contribution in [2.24, 2.45) is 0 Å². The number of alkyl halides is 3. The highest BCUT2D eigenvalue weighted by atomic mass is 19.4. The normalized spacial score (nSPS) is 30.2. The molecule has 1 heterocycles. The minimum Gasteiger partial charge on any atom is -0.336 e. The molecule has 1 spiro atoms. The largest absolute Gasteiger partial charge is 0.406 e. The van der Waals surface area contributed by atoms with Crippen LogP contribution < -0.4 is 5.32 Å². The Morgan fingerprint density at radius 2 is 1.72 bits per heavy atom. The Balaban J connectivity index is 1.85. The van der Waals surface area contributed by atoms with Gasteiger partial charge < -0.3 is 10.2 Å². The lowest BCUT2D eigenvalue weighted by Gasteiger charge is -2.51. The lowest BCUT2D eigenvalue weighted by molar-refractivity contribution is -0.150. The van der Waals surface area contributed by atoms with Crippen molar-refractivity contribution in [3.05, 3.63) is 35.9 Å². The highest BCUT2D eigenvalue weighted by molar-refractivity contribution is 5.78. The summed E-state index contributed by atoms with van der Waals surface area (Å²) >= 11 is 0. The van der Waals surface area contributed by atoms with Crippen molar-refractivity contribution >= 4 is 6.03 Å². The van der Waals surface area contributed by atoms with Gasteiger partial charge in [0.2, 0.25) is 0 Å². The van der Waals surface area contributed by atoms with Gasteiger partial charge in [-0.3, -0.25) is 4.90 Å². The molecule has 0 atom stereocenters. The molecule has 1 saturated carbocycles. The van der Waals surface area contributed by atoms with Crippen LogP contribution in [0.25, 0.3) is 0 Å². The molecule has 1 aliphatic heterocycles. The van der Waals surface area contributed by atoms with Gasteiger partial charge in [-0.1, -0.05) is 30.3 Å². The van der Waals surface area contributed by atoms with Gasteiger partial charge in [0.15, 0.2) is 0 Å². The number of carbonyl (C=O) groups is 1. The number of nitrogens with zero attached hydrogens (tertiary/aromatic N) is 2. The topological polar surface area (TPSA) is 35.6 Å². The standard InChI is InChI=1S/C18H24F3N3O/c1-23(2)17(14-6-4-3-5-7-14)10-8-16(9-11-17)12-22-15(25)24(16)13-18(19,20)21/h3-7H,8-13H2,1-2H3,(H,22,25). The number of carbonyl (C=O) groups excluding carboxylic acids is 1. The Kier molecular flexibility index (Phi) is 4.47. The van der Waals surface area contributed by atoms with E-state index in [-0.39, 0.29) is 5.54 Å². The highest BCUT2D eigenvalue weighted by Gasteiger charge is 2.54. The van der Waals surface area contributed by atoms with Crippen LogP contribution in [0, 0.1) is 0 Å². The van der Waals surface area contributed by atoms with Crippen molar-refractivity contribution in [3.63, 3.8) is 0 Å². The molecule has 2 amide bonds. The molecule has 1 N–H and O–H groups in total. The quantitative estimate of drug-likeness (QED) is 0.903. The van der Waals surface area contributed by atoms with Gasteiger partial charge in [-0.2, -0.15) is 13.2 Å². The van der Waals surface area contributed by atoms with Crippen molar-refractivity contribution in [1.82, 2.24) is 15.1 Å². The molecule has 2 aliphatic rings. The van der Waals surface area contributed by atoms with Crippen LogP contribution >= 0.6 is 0 Å². The van der Waals surface area contributed by atoms with Crippen LogP contribution in [0.4, 0.5) is 18.0 Å². The number of benzene rings is 1. The van der Waals surface area contributed by atoms with Crippen LogP contribution in [0.15, 0.2) is 30.3 Å².